The number of rotatable bonds is 4. The maximum Gasteiger partial charge on any atom is 0.470 e. The van der Waals surface area contributed by atoms with E-state index >= 15 is 0 Å². The van der Waals surface area contributed by atoms with Gasteiger partial charge < -0.3 is 19.2 Å². The lowest BCUT2D eigenvalue weighted by atomic mass is 11.7. The number of hydrogen-bond donors (Lipinski definition) is 3. The summed E-state index contributed by atoms with van der Waals surface area (Å²) in [7, 11) is -7.74. The fourth-order valence-electron chi connectivity index (χ4n) is 0.201. The van der Waals surface area contributed by atoms with Gasteiger partial charge in [0, 0.05) is 7.11 Å². The predicted molar refractivity (Wildman–Crippen MR) is 61.8 cm³/mol. The molecule has 0 saturated carbocycles. The quantitative estimate of drug-likeness (QED) is 0.672. The largest absolute Gasteiger partial charge is 0.470 e. The molecule has 0 rings (SSSR count). The van der Waals surface area contributed by atoms with Gasteiger partial charge in [0.05, 0.1) is 0 Å². The molecule has 0 aromatic heterocycles. The van der Waals surface area contributed by atoms with Crippen molar-refractivity contribution in [2.24, 2.45) is 0 Å². The molecule has 1 atom stereocenters. The van der Waals surface area contributed by atoms with Crippen LogP contribution in [0.25, 0.3) is 0 Å². The lowest BCUT2D eigenvalue weighted by Gasteiger charge is -2.09. The Morgan fingerprint density at radius 3 is 1.53 bits per heavy atom. The summed E-state index contributed by atoms with van der Waals surface area (Å²) in [5.74, 6) is 0. The highest BCUT2D eigenvalue weighted by Gasteiger charge is 2.24. The van der Waals surface area contributed by atoms with Gasteiger partial charge >= 0.3 is 15.4 Å². The zero-order valence-corrected chi connectivity index (χ0v) is 7.37. The lowest BCUT2D eigenvalue weighted by molar-refractivity contribution is 0.201. The maximum atomic E-state index is 10.5. The topological polar surface area (TPSA) is 113 Å². The molecule has 15 heavy (non-hydrogen) atoms. The predicted octanol–water partition coefficient (Wildman–Crippen LogP) is 2.43. The van der Waals surface area contributed by atoms with Crippen molar-refractivity contribution in [3.05, 3.63) is 0 Å². The first-order chi connectivity index (χ1) is 4.77. The van der Waals surface area contributed by atoms with Crippen LogP contribution in [0, 0.1) is 0 Å². The van der Waals surface area contributed by atoms with Gasteiger partial charge in [-0.3, -0.25) is 9.09 Å². The van der Waals surface area contributed by atoms with Crippen molar-refractivity contribution < 1.29 is 32.9 Å². The maximum absolute atomic E-state index is 10.5. The van der Waals surface area contributed by atoms with Crippen molar-refractivity contribution in [1.82, 2.24) is 0 Å². The van der Waals surface area contributed by atoms with Crippen LogP contribution in [0.2, 0.25) is 0 Å². The third-order valence-corrected chi connectivity index (χ3v) is 2.37. The van der Waals surface area contributed by atoms with Crippen molar-refractivity contribution in [3.8, 4) is 0 Å². The van der Waals surface area contributed by atoms with Gasteiger partial charge in [-0.25, -0.2) is 4.57 Å². The molecule has 1 unspecified atom stereocenters. The van der Waals surface area contributed by atoms with Crippen LogP contribution in [0.5, 0.6) is 0 Å². The first kappa shape index (κ1) is 29.5. The molecule has 0 fully saturated rings. The van der Waals surface area contributed by atoms with E-state index in [4.69, 9.17) is 14.7 Å². The van der Waals surface area contributed by atoms with Crippen LogP contribution in [0.4, 0.5) is 0 Å². The molecule has 7 nitrogen and oxygen atoms in total. The fraction of sp³-hybridized carbons (Fsp3) is 1.00. The van der Waals surface area contributed by atoms with E-state index in [9.17, 15) is 9.13 Å². The SMILES string of the molecule is C.C.C.C.COP(=O)(O)COP(=O)(O)O. The first-order valence-corrected chi connectivity index (χ1v) is 5.64. The lowest BCUT2D eigenvalue weighted by Crippen LogP contribution is -1.95. The van der Waals surface area contributed by atoms with Crippen molar-refractivity contribution in [1.29, 1.82) is 0 Å². The highest BCUT2D eigenvalue weighted by Crippen LogP contribution is 2.47. The zero-order valence-electron chi connectivity index (χ0n) is 5.58. The Kier molecular flexibility index (Phi) is 21.2. The Morgan fingerprint density at radius 2 is 1.33 bits per heavy atom. The Bertz CT molecular complexity index is 212. The Labute approximate surface area is 92.2 Å². The zero-order chi connectivity index (χ0) is 9.12. The number of hydrogen-bond acceptors (Lipinski definition) is 4. The summed E-state index contributed by atoms with van der Waals surface area (Å²) in [6, 6.07) is 0. The Balaban J connectivity index is -0.0000000833. The molecule has 9 heteroatoms. The van der Waals surface area contributed by atoms with Crippen molar-refractivity contribution in [2.45, 2.75) is 29.7 Å². The standard InChI is InChI=1S/C2H8O7P2.4CH4/c1-8-10(3,4)2-9-11(5,6)7;;;;/h2H2,1H3,(H,3,4)(H2,5,6,7);4*1H4. The minimum Gasteiger partial charge on any atom is -0.323 e. The van der Waals surface area contributed by atoms with E-state index in [1.165, 1.54) is 0 Å². The van der Waals surface area contributed by atoms with E-state index in [0.29, 0.717) is 0 Å². The van der Waals surface area contributed by atoms with Crippen LogP contribution in [-0.4, -0.2) is 28.1 Å². The van der Waals surface area contributed by atoms with Gasteiger partial charge in [-0.1, -0.05) is 29.7 Å². The van der Waals surface area contributed by atoms with Gasteiger partial charge in [-0.2, -0.15) is 0 Å². The van der Waals surface area contributed by atoms with Gasteiger partial charge in [0.25, 0.3) is 0 Å². The normalized spacial score (nSPS) is 13.1. The van der Waals surface area contributed by atoms with Crippen LogP contribution in [0.1, 0.15) is 29.7 Å². The summed E-state index contributed by atoms with van der Waals surface area (Å²) in [6.07, 6.45) is -1.02. The van der Waals surface area contributed by atoms with Crippen LogP contribution in [0.15, 0.2) is 0 Å². The van der Waals surface area contributed by atoms with Gasteiger partial charge in [-0.05, 0) is 0 Å². The van der Waals surface area contributed by atoms with Gasteiger partial charge in [0.2, 0.25) is 0 Å². The summed E-state index contributed by atoms with van der Waals surface area (Å²) < 4.78 is 28.2. The molecule has 3 N–H and O–H groups in total. The molecule has 0 aromatic rings. The van der Waals surface area contributed by atoms with E-state index < -0.39 is 21.8 Å². The summed E-state index contributed by atoms with van der Waals surface area (Å²) in [5, 5.41) is 0. The molecule has 0 spiro atoms. The molecule has 0 heterocycles. The van der Waals surface area contributed by atoms with Crippen molar-refractivity contribution >= 4 is 15.4 Å². The van der Waals surface area contributed by atoms with Crippen LogP contribution in [-0.2, 0) is 18.2 Å². The molecule has 0 aromatic carbocycles. The monoisotopic (exact) mass is 270 g/mol. The summed E-state index contributed by atoms with van der Waals surface area (Å²) in [6.45, 7) is 0. The van der Waals surface area contributed by atoms with E-state index in [2.05, 4.69) is 9.05 Å². The van der Waals surface area contributed by atoms with Gasteiger partial charge in [0.1, 0.15) is 0 Å². The summed E-state index contributed by atoms with van der Waals surface area (Å²) in [4.78, 5) is 24.7. The van der Waals surface area contributed by atoms with Gasteiger partial charge in [-0.15, -0.1) is 0 Å². The second-order valence-corrected chi connectivity index (χ2v) is 4.71. The molecule has 0 radical (unpaired) electrons. The average molecular weight is 270 g/mol. The number of phosphoric acid groups is 1. The second kappa shape index (κ2) is 10.8. The van der Waals surface area contributed by atoms with E-state index in [-0.39, 0.29) is 29.7 Å². The smallest absolute Gasteiger partial charge is 0.323 e. The second-order valence-electron chi connectivity index (χ2n) is 1.57. The minimum atomic E-state index is -4.69. The van der Waals surface area contributed by atoms with Crippen LogP contribution >= 0.6 is 15.4 Å². The summed E-state index contributed by atoms with van der Waals surface area (Å²) in [5.41, 5.74) is 0. The number of phosphoric ester groups is 1. The molecule has 0 aliphatic carbocycles. The van der Waals surface area contributed by atoms with Crippen LogP contribution in [0.3, 0.4) is 0 Å². The highest BCUT2D eigenvalue weighted by atomic mass is 31.2. The highest BCUT2D eigenvalue weighted by molar-refractivity contribution is 7.53. The third kappa shape index (κ3) is 20.4. The Morgan fingerprint density at radius 1 is 1.00 bits per heavy atom. The van der Waals surface area contributed by atoms with Crippen molar-refractivity contribution in [3.63, 3.8) is 0 Å². The molecule has 0 aliphatic heterocycles. The minimum absolute atomic E-state index is 0. The average Bonchev–Trinajstić information content (AvgIpc) is 1.83. The summed E-state index contributed by atoms with van der Waals surface area (Å²) >= 11 is 0. The molecular formula is C6H24O7P2. The van der Waals surface area contributed by atoms with Crippen molar-refractivity contribution in [2.75, 3.05) is 13.5 Å². The Hall–Kier alpha value is 0.260. The molecule has 100 valence electrons. The molecule has 0 aliphatic rings. The van der Waals surface area contributed by atoms with E-state index in [1.54, 1.807) is 0 Å². The van der Waals surface area contributed by atoms with E-state index in [0.717, 1.165) is 7.11 Å². The van der Waals surface area contributed by atoms with E-state index in [1.807, 2.05) is 0 Å². The molecule has 0 bridgehead atoms. The molecule has 0 amide bonds. The third-order valence-electron chi connectivity index (χ3n) is 0.674. The molecular weight excluding hydrogens is 246 g/mol. The molecule has 0 saturated heterocycles. The van der Waals surface area contributed by atoms with Crippen LogP contribution < -0.4 is 0 Å². The van der Waals surface area contributed by atoms with Gasteiger partial charge in [0.15, 0.2) is 6.35 Å². The first-order valence-electron chi connectivity index (χ1n) is 2.34. The fourth-order valence-corrected chi connectivity index (χ4v) is 1.49.